The Hall–Kier alpha value is -4.14. The van der Waals surface area contributed by atoms with Crippen LogP contribution in [0.4, 0.5) is 10.5 Å². The van der Waals surface area contributed by atoms with Crippen molar-refractivity contribution in [1.29, 1.82) is 0 Å². The summed E-state index contributed by atoms with van der Waals surface area (Å²) in [5.74, 6) is -0.608. The summed E-state index contributed by atoms with van der Waals surface area (Å²) in [7, 11) is 0. The first-order valence-corrected chi connectivity index (χ1v) is 13.4. The first-order chi connectivity index (χ1) is 18.4. The highest BCUT2D eigenvalue weighted by Crippen LogP contribution is 2.38. The van der Waals surface area contributed by atoms with Crippen LogP contribution in [0.5, 0.6) is 0 Å². The number of carbonyl (C=O) groups excluding carboxylic acids is 2. The van der Waals surface area contributed by atoms with Crippen molar-refractivity contribution in [1.82, 2.24) is 14.5 Å². The summed E-state index contributed by atoms with van der Waals surface area (Å²) in [4.78, 5) is 31.9. The summed E-state index contributed by atoms with van der Waals surface area (Å²) in [5, 5.41) is 4.22. The number of primary amides is 1. The van der Waals surface area contributed by atoms with Crippen molar-refractivity contribution in [3.05, 3.63) is 94.6 Å². The monoisotopic (exact) mass is 541 g/mol. The van der Waals surface area contributed by atoms with Crippen molar-refractivity contribution in [3.63, 3.8) is 0 Å². The fourth-order valence-electron chi connectivity index (χ4n) is 4.88. The molecule has 6 rings (SSSR count). The number of nitrogens with zero attached hydrogens (tertiary/aromatic N) is 3. The van der Waals surface area contributed by atoms with E-state index in [9.17, 15) is 9.59 Å². The van der Waals surface area contributed by atoms with Crippen LogP contribution in [0.25, 0.3) is 32.0 Å². The number of amides is 3. The molecule has 3 heterocycles. The number of benzene rings is 3. The van der Waals surface area contributed by atoms with E-state index in [0.29, 0.717) is 29.5 Å². The Kier molecular flexibility index (Phi) is 6.13. The zero-order valence-electron chi connectivity index (χ0n) is 20.6. The van der Waals surface area contributed by atoms with Gasteiger partial charge in [-0.3, -0.25) is 4.79 Å². The number of carbonyl (C=O) groups is 2. The van der Waals surface area contributed by atoms with E-state index in [1.807, 2.05) is 65.2 Å². The van der Waals surface area contributed by atoms with Crippen LogP contribution in [-0.4, -0.2) is 32.9 Å². The summed E-state index contributed by atoms with van der Waals surface area (Å²) in [6.45, 7) is 3.25. The number of rotatable bonds is 4. The van der Waals surface area contributed by atoms with Gasteiger partial charge in [-0.15, -0.1) is 11.3 Å². The smallest absolute Gasteiger partial charge is 0.322 e. The lowest BCUT2D eigenvalue weighted by molar-refractivity contribution is 0.0997. The quantitative estimate of drug-likeness (QED) is 0.270. The molecule has 0 saturated carbocycles. The normalized spacial score (nSPS) is 12.9. The summed E-state index contributed by atoms with van der Waals surface area (Å²) >= 11 is 8.31. The van der Waals surface area contributed by atoms with Gasteiger partial charge in [-0.05, 0) is 54.4 Å². The molecule has 0 fully saturated rings. The van der Waals surface area contributed by atoms with E-state index in [0.717, 1.165) is 32.0 Å². The molecular weight excluding hydrogens is 518 g/mol. The van der Waals surface area contributed by atoms with E-state index in [1.54, 1.807) is 16.2 Å². The van der Waals surface area contributed by atoms with E-state index in [1.165, 1.54) is 5.56 Å². The molecule has 2 aromatic heterocycles. The van der Waals surface area contributed by atoms with Crippen molar-refractivity contribution in [2.24, 2.45) is 5.73 Å². The highest BCUT2D eigenvalue weighted by atomic mass is 35.5. The zero-order chi connectivity index (χ0) is 26.4. The molecule has 190 valence electrons. The van der Waals surface area contributed by atoms with Gasteiger partial charge in [-0.25, -0.2) is 9.78 Å². The maximum atomic E-state index is 13.2. The van der Waals surface area contributed by atoms with Crippen molar-refractivity contribution in [3.8, 4) is 21.8 Å². The van der Waals surface area contributed by atoms with Crippen molar-refractivity contribution < 1.29 is 9.59 Å². The standard InChI is InChI=1S/C29H24ClN5O2S/c1-17-7-12-21-23(15-17)38-28(33-21)19-8-10-20(11-9-19)32-29(37)34-13-14-35-22(16-34)24(27(31)36)25(30)26(35)18-5-3-2-4-6-18/h2-12,15H,13-14,16H2,1H3,(H2,31,36)(H,32,37). The lowest BCUT2D eigenvalue weighted by atomic mass is 10.1. The minimum Gasteiger partial charge on any atom is -0.365 e. The van der Waals surface area contributed by atoms with E-state index < -0.39 is 5.91 Å². The Labute approximate surface area is 228 Å². The lowest BCUT2D eigenvalue weighted by Gasteiger charge is -2.30. The first-order valence-electron chi connectivity index (χ1n) is 12.2. The molecule has 3 N–H and O–H groups in total. The minimum atomic E-state index is -0.608. The number of aromatic nitrogens is 2. The molecule has 3 amide bonds. The second-order valence-electron chi connectivity index (χ2n) is 9.29. The van der Waals surface area contributed by atoms with E-state index in [-0.39, 0.29) is 18.1 Å². The lowest BCUT2D eigenvalue weighted by Crippen LogP contribution is -2.41. The largest absolute Gasteiger partial charge is 0.365 e. The average Bonchev–Trinajstić information content (AvgIpc) is 3.46. The number of nitrogens with two attached hydrogens (primary N) is 1. The van der Waals surface area contributed by atoms with Gasteiger partial charge in [0.2, 0.25) is 0 Å². The third kappa shape index (κ3) is 4.31. The molecule has 0 atom stereocenters. The molecule has 0 spiro atoms. The number of hydrogen-bond acceptors (Lipinski definition) is 4. The Morgan fingerprint density at radius 2 is 1.76 bits per heavy atom. The average molecular weight is 542 g/mol. The van der Waals surface area contributed by atoms with E-state index in [4.69, 9.17) is 22.3 Å². The first kappa shape index (κ1) is 24.2. The number of hydrogen-bond donors (Lipinski definition) is 2. The topological polar surface area (TPSA) is 93.2 Å². The summed E-state index contributed by atoms with van der Waals surface area (Å²) in [6.07, 6.45) is 0. The second-order valence-corrected chi connectivity index (χ2v) is 10.7. The van der Waals surface area contributed by atoms with Crippen LogP contribution in [0.15, 0.2) is 72.8 Å². The fraction of sp³-hybridized carbons (Fsp3) is 0.138. The molecule has 38 heavy (non-hydrogen) atoms. The summed E-state index contributed by atoms with van der Waals surface area (Å²) < 4.78 is 3.15. The molecule has 0 bridgehead atoms. The molecule has 5 aromatic rings. The van der Waals surface area contributed by atoms with Gasteiger partial charge in [-0.2, -0.15) is 0 Å². The van der Waals surface area contributed by atoms with Gasteiger partial charge in [-0.1, -0.05) is 48.0 Å². The predicted octanol–water partition coefficient (Wildman–Crippen LogP) is 6.54. The van der Waals surface area contributed by atoms with Crippen LogP contribution in [0.3, 0.4) is 0 Å². The van der Waals surface area contributed by atoms with Crippen LogP contribution in [0.1, 0.15) is 21.6 Å². The number of thiazole rings is 1. The highest BCUT2D eigenvalue weighted by molar-refractivity contribution is 7.21. The van der Waals surface area contributed by atoms with Crippen LogP contribution < -0.4 is 11.1 Å². The van der Waals surface area contributed by atoms with Crippen LogP contribution in [-0.2, 0) is 13.1 Å². The van der Waals surface area contributed by atoms with Crippen molar-refractivity contribution >= 4 is 50.8 Å². The molecule has 0 unspecified atom stereocenters. The molecular formula is C29H24ClN5O2S. The third-order valence-electron chi connectivity index (χ3n) is 6.75. The second kappa shape index (κ2) is 9.63. The number of nitrogens with one attached hydrogen (secondary N) is 1. The molecule has 0 saturated heterocycles. The third-order valence-corrected chi connectivity index (χ3v) is 8.19. The molecule has 0 radical (unpaired) electrons. The molecule has 7 nitrogen and oxygen atoms in total. The predicted molar refractivity (Wildman–Crippen MR) is 153 cm³/mol. The molecule has 1 aliphatic rings. The van der Waals surface area contributed by atoms with Gasteiger partial charge < -0.3 is 20.5 Å². The highest BCUT2D eigenvalue weighted by Gasteiger charge is 2.31. The van der Waals surface area contributed by atoms with E-state index in [2.05, 4.69) is 24.4 Å². The Morgan fingerprint density at radius 3 is 2.50 bits per heavy atom. The molecule has 0 aliphatic carbocycles. The molecule has 9 heteroatoms. The van der Waals surface area contributed by atoms with Crippen LogP contribution in [0, 0.1) is 6.92 Å². The van der Waals surface area contributed by atoms with Gasteiger partial charge in [0.1, 0.15) is 5.01 Å². The number of aryl methyl sites for hydroxylation is 1. The van der Waals surface area contributed by atoms with Crippen molar-refractivity contribution in [2.75, 3.05) is 11.9 Å². The number of halogens is 1. The SMILES string of the molecule is Cc1ccc2nc(-c3ccc(NC(=O)N4CCn5c(c(C(N)=O)c(Cl)c5-c5ccccc5)C4)cc3)sc2c1. The summed E-state index contributed by atoms with van der Waals surface area (Å²) in [5.41, 5.74) is 12.1. The Balaban J connectivity index is 1.21. The van der Waals surface area contributed by atoms with Gasteiger partial charge in [0.25, 0.3) is 5.91 Å². The molecule has 1 aliphatic heterocycles. The van der Waals surface area contributed by atoms with Crippen molar-refractivity contribution in [2.45, 2.75) is 20.0 Å². The van der Waals surface area contributed by atoms with Gasteiger partial charge in [0, 0.05) is 24.3 Å². The van der Waals surface area contributed by atoms with Gasteiger partial charge >= 0.3 is 6.03 Å². The van der Waals surface area contributed by atoms with Crippen LogP contribution >= 0.6 is 22.9 Å². The minimum absolute atomic E-state index is 0.222. The van der Waals surface area contributed by atoms with Crippen LogP contribution in [0.2, 0.25) is 5.02 Å². The Morgan fingerprint density at radius 1 is 1.00 bits per heavy atom. The zero-order valence-corrected chi connectivity index (χ0v) is 22.1. The number of urea groups is 1. The maximum Gasteiger partial charge on any atom is 0.322 e. The molecule has 3 aromatic carbocycles. The van der Waals surface area contributed by atoms with Gasteiger partial charge in [0.15, 0.2) is 0 Å². The maximum absolute atomic E-state index is 13.2. The number of fused-ring (bicyclic) bond motifs is 2. The number of anilines is 1. The summed E-state index contributed by atoms with van der Waals surface area (Å²) in [6, 6.07) is 23.3. The fourth-order valence-corrected chi connectivity index (χ4v) is 6.36. The Bertz CT molecular complexity index is 1690. The van der Waals surface area contributed by atoms with E-state index >= 15 is 0 Å². The van der Waals surface area contributed by atoms with Gasteiger partial charge in [0.05, 0.1) is 38.7 Å².